The highest BCUT2D eigenvalue weighted by molar-refractivity contribution is 7.07. The van der Waals surface area contributed by atoms with Crippen molar-refractivity contribution in [2.75, 3.05) is 20.8 Å². The maximum atomic E-state index is 13.9. The van der Waals surface area contributed by atoms with Gasteiger partial charge in [0.1, 0.15) is 5.82 Å². The molecule has 9 heteroatoms. The van der Waals surface area contributed by atoms with Gasteiger partial charge in [0.25, 0.3) is 5.56 Å². The number of esters is 1. The van der Waals surface area contributed by atoms with Crippen molar-refractivity contribution in [3.63, 3.8) is 0 Å². The van der Waals surface area contributed by atoms with E-state index in [1.54, 1.807) is 43.3 Å². The summed E-state index contributed by atoms with van der Waals surface area (Å²) in [6.45, 7) is 1.87. The molecule has 1 aliphatic rings. The van der Waals surface area contributed by atoms with E-state index >= 15 is 0 Å². The van der Waals surface area contributed by atoms with E-state index in [9.17, 15) is 14.0 Å². The van der Waals surface area contributed by atoms with Gasteiger partial charge in [0, 0.05) is 5.56 Å². The lowest BCUT2D eigenvalue weighted by Gasteiger charge is -2.26. The number of carbonyl (C=O) groups excluding carboxylic acids is 1. The van der Waals surface area contributed by atoms with Gasteiger partial charge in [0.2, 0.25) is 0 Å². The van der Waals surface area contributed by atoms with E-state index in [1.165, 1.54) is 42.3 Å². The van der Waals surface area contributed by atoms with Crippen molar-refractivity contribution >= 4 is 29.1 Å². The van der Waals surface area contributed by atoms with Gasteiger partial charge in [-0.25, -0.2) is 14.2 Å². The Labute approximate surface area is 227 Å². The molecule has 0 amide bonds. The summed E-state index contributed by atoms with van der Waals surface area (Å²) in [6, 6.07) is 19.6. The van der Waals surface area contributed by atoms with Gasteiger partial charge in [-0.3, -0.25) is 9.36 Å². The van der Waals surface area contributed by atoms with Crippen LogP contribution in [0.1, 0.15) is 29.7 Å². The Kier molecular flexibility index (Phi) is 7.42. The predicted molar refractivity (Wildman–Crippen MR) is 147 cm³/mol. The molecule has 5 rings (SSSR count). The molecule has 0 unspecified atom stereocenters. The Hall–Kier alpha value is -4.50. The standard InChI is InChI=1S/C30H25FN2O5S/c1-4-38-29(35)25-26(19-10-6-5-7-11-19)32-30-33(27(25)20-13-14-22(36-2)23(17-20)37-3)28(34)24(39-30)16-18-9-8-12-21(31)15-18/h5-17,27H,4H2,1-3H3/b24-16-/t27-/m0/s1. The zero-order valence-electron chi connectivity index (χ0n) is 21.5. The average molecular weight is 545 g/mol. The van der Waals surface area contributed by atoms with Crippen molar-refractivity contribution in [1.29, 1.82) is 0 Å². The van der Waals surface area contributed by atoms with E-state index in [2.05, 4.69) is 0 Å². The smallest absolute Gasteiger partial charge is 0.338 e. The first kappa shape index (κ1) is 26.1. The van der Waals surface area contributed by atoms with Crippen LogP contribution in [0, 0.1) is 5.82 Å². The monoisotopic (exact) mass is 544 g/mol. The fraction of sp³-hybridized carbons (Fsp3) is 0.167. The molecule has 0 spiro atoms. The van der Waals surface area contributed by atoms with Crippen LogP contribution >= 0.6 is 11.3 Å². The van der Waals surface area contributed by atoms with Gasteiger partial charge in [-0.05, 0) is 48.4 Å². The van der Waals surface area contributed by atoms with Crippen LogP contribution in [0.5, 0.6) is 11.5 Å². The van der Waals surface area contributed by atoms with Gasteiger partial charge >= 0.3 is 5.97 Å². The average Bonchev–Trinajstić information content (AvgIpc) is 3.26. The molecular formula is C30H25FN2O5S. The number of hydrogen-bond acceptors (Lipinski definition) is 7. The minimum absolute atomic E-state index is 0.146. The van der Waals surface area contributed by atoms with Crippen LogP contribution < -0.4 is 24.4 Å². The van der Waals surface area contributed by atoms with Gasteiger partial charge < -0.3 is 14.2 Å². The summed E-state index contributed by atoms with van der Waals surface area (Å²) >= 11 is 1.17. The van der Waals surface area contributed by atoms with Crippen LogP contribution in [0.2, 0.25) is 0 Å². The summed E-state index contributed by atoms with van der Waals surface area (Å²) in [7, 11) is 3.05. The molecular weight excluding hydrogens is 519 g/mol. The Morgan fingerprint density at radius 3 is 2.49 bits per heavy atom. The topological polar surface area (TPSA) is 79.1 Å². The molecule has 7 nitrogen and oxygen atoms in total. The van der Waals surface area contributed by atoms with Crippen molar-refractivity contribution in [2.45, 2.75) is 13.0 Å². The number of aromatic nitrogens is 1. The molecule has 4 aromatic rings. The minimum atomic E-state index is -0.870. The van der Waals surface area contributed by atoms with Gasteiger partial charge in [-0.1, -0.05) is 59.9 Å². The molecule has 1 atom stereocenters. The molecule has 3 aromatic carbocycles. The highest BCUT2D eigenvalue weighted by Gasteiger charge is 2.35. The van der Waals surface area contributed by atoms with E-state index in [4.69, 9.17) is 19.2 Å². The van der Waals surface area contributed by atoms with Gasteiger partial charge in [-0.2, -0.15) is 0 Å². The van der Waals surface area contributed by atoms with Crippen molar-refractivity contribution in [3.05, 3.63) is 121 Å². The maximum Gasteiger partial charge on any atom is 0.338 e. The Balaban J connectivity index is 1.85. The number of ether oxygens (including phenoxy) is 3. The van der Waals surface area contributed by atoms with E-state index < -0.39 is 17.8 Å². The highest BCUT2D eigenvalue weighted by atomic mass is 32.1. The number of thiazole rings is 1. The number of nitrogens with zero attached hydrogens (tertiary/aromatic N) is 2. The second-order valence-electron chi connectivity index (χ2n) is 8.60. The first-order chi connectivity index (χ1) is 18.9. The minimum Gasteiger partial charge on any atom is -0.493 e. The zero-order valence-corrected chi connectivity index (χ0v) is 22.3. The number of fused-ring (bicyclic) bond motifs is 1. The summed E-state index contributed by atoms with van der Waals surface area (Å²) in [5, 5.41) is 0. The van der Waals surface area contributed by atoms with E-state index in [0.717, 1.165) is 0 Å². The quantitative estimate of drug-likeness (QED) is 0.328. The number of halogens is 1. The normalized spacial score (nSPS) is 15.0. The van der Waals surface area contributed by atoms with Crippen LogP contribution in [0.3, 0.4) is 0 Å². The first-order valence-corrected chi connectivity index (χ1v) is 13.0. The summed E-state index contributed by atoms with van der Waals surface area (Å²) in [4.78, 5) is 32.6. The number of methoxy groups -OCH3 is 2. The number of benzene rings is 3. The molecule has 0 saturated carbocycles. The molecule has 1 aromatic heterocycles. The zero-order chi connectivity index (χ0) is 27.5. The molecule has 1 aliphatic heterocycles. The summed E-state index contributed by atoms with van der Waals surface area (Å²) < 4.78 is 32.1. The van der Waals surface area contributed by atoms with Crippen molar-refractivity contribution in [1.82, 2.24) is 4.57 Å². The lowest BCUT2D eigenvalue weighted by molar-refractivity contribution is -0.138. The van der Waals surface area contributed by atoms with Gasteiger partial charge in [0.05, 0.1) is 42.7 Å². The second kappa shape index (κ2) is 11.1. The van der Waals surface area contributed by atoms with Crippen molar-refractivity contribution < 1.29 is 23.4 Å². The highest BCUT2D eigenvalue weighted by Crippen LogP contribution is 2.38. The number of carbonyl (C=O) groups is 1. The first-order valence-electron chi connectivity index (χ1n) is 12.2. The van der Waals surface area contributed by atoms with Crippen LogP contribution in [-0.4, -0.2) is 31.4 Å². The molecule has 2 heterocycles. The fourth-order valence-electron chi connectivity index (χ4n) is 4.53. The van der Waals surface area contributed by atoms with Crippen molar-refractivity contribution in [3.8, 4) is 11.5 Å². The fourth-order valence-corrected chi connectivity index (χ4v) is 5.53. The third-order valence-electron chi connectivity index (χ3n) is 6.24. The maximum absolute atomic E-state index is 13.9. The molecule has 0 fully saturated rings. The third-order valence-corrected chi connectivity index (χ3v) is 7.23. The van der Waals surface area contributed by atoms with Crippen LogP contribution in [-0.2, 0) is 9.53 Å². The molecule has 0 bridgehead atoms. The van der Waals surface area contributed by atoms with Gasteiger partial charge in [0.15, 0.2) is 16.3 Å². The van der Waals surface area contributed by atoms with Crippen LogP contribution in [0.4, 0.5) is 4.39 Å². The Morgan fingerprint density at radius 2 is 1.79 bits per heavy atom. The number of hydrogen-bond donors (Lipinski definition) is 0. The summed E-state index contributed by atoms with van der Waals surface area (Å²) in [5.41, 5.74) is 2.12. The lowest BCUT2D eigenvalue weighted by atomic mass is 9.93. The molecule has 0 saturated heterocycles. The molecule has 0 radical (unpaired) electrons. The second-order valence-corrected chi connectivity index (χ2v) is 9.61. The van der Waals surface area contributed by atoms with E-state index in [0.29, 0.717) is 43.2 Å². The third kappa shape index (κ3) is 5.00. The molecule has 198 valence electrons. The van der Waals surface area contributed by atoms with E-state index in [1.807, 2.05) is 30.3 Å². The largest absolute Gasteiger partial charge is 0.493 e. The summed E-state index contributed by atoms with van der Waals surface area (Å²) in [6.07, 6.45) is 1.62. The van der Waals surface area contributed by atoms with Crippen LogP contribution in [0.25, 0.3) is 11.8 Å². The SMILES string of the molecule is CCOC(=O)C1=C(c2ccccc2)N=c2s/c(=C\c3cccc(F)c3)c(=O)n2[C@H]1c1ccc(OC)c(OC)c1. The van der Waals surface area contributed by atoms with Crippen LogP contribution in [0.15, 0.2) is 88.2 Å². The number of rotatable bonds is 7. The molecule has 39 heavy (non-hydrogen) atoms. The van der Waals surface area contributed by atoms with E-state index in [-0.39, 0.29) is 17.7 Å². The van der Waals surface area contributed by atoms with Crippen molar-refractivity contribution in [2.24, 2.45) is 4.99 Å². The summed E-state index contributed by atoms with van der Waals surface area (Å²) in [5.74, 6) is -0.0435. The lowest BCUT2D eigenvalue weighted by Crippen LogP contribution is -2.40. The Morgan fingerprint density at radius 1 is 1.03 bits per heavy atom. The Bertz CT molecular complexity index is 1760. The van der Waals surface area contributed by atoms with Gasteiger partial charge in [-0.15, -0.1) is 0 Å². The molecule has 0 aliphatic carbocycles. The predicted octanol–water partition coefficient (Wildman–Crippen LogP) is 4.09. The molecule has 0 N–H and O–H groups in total.